The van der Waals surface area contributed by atoms with Crippen LogP contribution in [0.15, 0.2) is 29.6 Å². The average Bonchev–Trinajstić information content (AvgIpc) is 2.96. The van der Waals surface area contributed by atoms with Crippen molar-refractivity contribution >= 4 is 27.2 Å². The number of aliphatic hydroxyl groups is 1. The number of rotatable bonds is 4. The molecular formula is C16H17N3O2S. The Balaban J connectivity index is 1.98. The van der Waals surface area contributed by atoms with Crippen molar-refractivity contribution in [2.24, 2.45) is 0 Å². The lowest BCUT2D eigenvalue weighted by Crippen LogP contribution is -2.16. The fourth-order valence-corrected chi connectivity index (χ4v) is 3.10. The molecule has 0 aliphatic carbocycles. The van der Waals surface area contributed by atoms with Crippen LogP contribution in [0.25, 0.3) is 21.3 Å². The Hall–Kier alpha value is -2.18. The lowest BCUT2D eigenvalue weighted by Gasteiger charge is -2.11. The molecule has 3 rings (SSSR count). The minimum absolute atomic E-state index is 0.237. The van der Waals surface area contributed by atoms with Crippen LogP contribution in [0.1, 0.15) is 12.5 Å². The molecule has 0 saturated heterocycles. The van der Waals surface area contributed by atoms with E-state index >= 15 is 0 Å². The van der Waals surface area contributed by atoms with Crippen LogP contribution in [0.4, 0.5) is 5.82 Å². The Morgan fingerprint density at radius 2 is 2.09 bits per heavy atom. The number of fused-ring (bicyclic) bond motifs is 1. The molecule has 114 valence electrons. The number of aromatic nitrogens is 2. The highest BCUT2D eigenvalue weighted by atomic mass is 32.1. The number of benzene rings is 1. The van der Waals surface area contributed by atoms with Gasteiger partial charge in [-0.25, -0.2) is 0 Å². The third-order valence-electron chi connectivity index (χ3n) is 3.42. The first-order valence-corrected chi connectivity index (χ1v) is 7.90. The molecule has 0 saturated carbocycles. The summed E-state index contributed by atoms with van der Waals surface area (Å²) in [5.74, 6) is 0.846. The monoisotopic (exact) mass is 315 g/mol. The fraction of sp³-hybridized carbons (Fsp3) is 0.250. The van der Waals surface area contributed by atoms with Crippen molar-refractivity contribution in [2.45, 2.75) is 20.0 Å². The van der Waals surface area contributed by atoms with Gasteiger partial charge in [0.15, 0.2) is 0 Å². The molecule has 6 heteroatoms. The predicted molar refractivity (Wildman–Crippen MR) is 89.4 cm³/mol. The minimum Gasteiger partial charge on any atom is -0.507 e. The molecule has 0 unspecified atom stereocenters. The maximum Gasteiger partial charge on any atom is 0.149 e. The zero-order valence-electron chi connectivity index (χ0n) is 12.4. The van der Waals surface area contributed by atoms with Gasteiger partial charge in [0.25, 0.3) is 0 Å². The normalized spacial score (nSPS) is 12.5. The number of nitrogens with one attached hydrogen (secondary N) is 1. The fourth-order valence-electron chi connectivity index (χ4n) is 2.31. The van der Waals surface area contributed by atoms with Gasteiger partial charge in [0, 0.05) is 22.2 Å². The van der Waals surface area contributed by atoms with Crippen LogP contribution >= 0.6 is 11.3 Å². The molecule has 0 spiro atoms. The van der Waals surface area contributed by atoms with Crippen molar-refractivity contribution < 1.29 is 10.2 Å². The third kappa shape index (κ3) is 2.75. The van der Waals surface area contributed by atoms with Gasteiger partial charge in [0.2, 0.25) is 0 Å². The molecule has 0 aliphatic rings. The number of phenolic OH excluding ortho intramolecular Hbond substituents is 1. The van der Waals surface area contributed by atoms with Crippen molar-refractivity contribution in [1.82, 2.24) is 10.2 Å². The molecule has 2 aromatic heterocycles. The van der Waals surface area contributed by atoms with E-state index in [-0.39, 0.29) is 5.75 Å². The van der Waals surface area contributed by atoms with E-state index in [2.05, 4.69) is 15.5 Å². The largest absolute Gasteiger partial charge is 0.507 e. The number of nitrogens with zero attached hydrogens (tertiary/aromatic N) is 2. The van der Waals surface area contributed by atoms with Crippen LogP contribution in [-0.2, 0) is 0 Å². The SMILES string of the molecule is Cc1cc(NC[C@@H](C)O)nnc1-c1ccc2sccc2c1O. The Kier molecular flexibility index (Phi) is 3.96. The molecule has 0 bridgehead atoms. The summed E-state index contributed by atoms with van der Waals surface area (Å²) in [6.45, 7) is 4.05. The number of aromatic hydroxyl groups is 1. The number of hydrogen-bond donors (Lipinski definition) is 3. The predicted octanol–water partition coefficient (Wildman–Crippen LogP) is 3.17. The zero-order valence-corrected chi connectivity index (χ0v) is 13.2. The molecule has 0 fully saturated rings. The van der Waals surface area contributed by atoms with E-state index in [0.717, 1.165) is 15.6 Å². The molecule has 5 nitrogen and oxygen atoms in total. The summed E-state index contributed by atoms with van der Waals surface area (Å²) in [4.78, 5) is 0. The quantitative estimate of drug-likeness (QED) is 0.689. The van der Waals surface area contributed by atoms with Gasteiger partial charge in [-0.15, -0.1) is 21.5 Å². The molecule has 2 heterocycles. The Morgan fingerprint density at radius 1 is 1.27 bits per heavy atom. The van der Waals surface area contributed by atoms with Gasteiger partial charge in [-0.2, -0.15) is 0 Å². The molecular weight excluding hydrogens is 298 g/mol. The van der Waals surface area contributed by atoms with Crippen molar-refractivity contribution in [3.05, 3.63) is 35.2 Å². The van der Waals surface area contributed by atoms with E-state index in [0.29, 0.717) is 23.6 Å². The topological polar surface area (TPSA) is 78.3 Å². The number of thiophene rings is 1. The summed E-state index contributed by atoms with van der Waals surface area (Å²) < 4.78 is 1.04. The smallest absolute Gasteiger partial charge is 0.149 e. The minimum atomic E-state index is -0.452. The summed E-state index contributed by atoms with van der Waals surface area (Å²) in [6, 6.07) is 7.62. The summed E-state index contributed by atoms with van der Waals surface area (Å²) >= 11 is 1.59. The van der Waals surface area contributed by atoms with Gasteiger partial charge in [-0.3, -0.25) is 0 Å². The molecule has 3 aromatic rings. The molecule has 0 aliphatic heterocycles. The lowest BCUT2D eigenvalue weighted by atomic mass is 10.0. The van der Waals surface area contributed by atoms with Gasteiger partial charge in [0.05, 0.1) is 11.8 Å². The summed E-state index contributed by atoms with van der Waals surface area (Å²) in [5.41, 5.74) is 2.25. The van der Waals surface area contributed by atoms with Gasteiger partial charge in [-0.1, -0.05) is 0 Å². The van der Waals surface area contributed by atoms with Crippen molar-refractivity contribution in [3.8, 4) is 17.0 Å². The molecule has 0 amide bonds. The number of hydrogen-bond acceptors (Lipinski definition) is 6. The van der Waals surface area contributed by atoms with Crippen LogP contribution in [-0.4, -0.2) is 33.1 Å². The summed E-state index contributed by atoms with van der Waals surface area (Å²) in [7, 11) is 0. The van der Waals surface area contributed by atoms with E-state index < -0.39 is 6.10 Å². The van der Waals surface area contributed by atoms with E-state index in [9.17, 15) is 10.2 Å². The third-order valence-corrected chi connectivity index (χ3v) is 4.31. The van der Waals surface area contributed by atoms with E-state index in [4.69, 9.17) is 0 Å². The average molecular weight is 315 g/mol. The Bertz CT molecular complexity index is 814. The van der Waals surface area contributed by atoms with Gasteiger partial charge >= 0.3 is 0 Å². The van der Waals surface area contributed by atoms with Crippen LogP contribution in [0, 0.1) is 6.92 Å². The Morgan fingerprint density at radius 3 is 2.82 bits per heavy atom. The molecule has 22 heavy (non-hydrogen) atoms. The van der Waals surface area contributed by atoms with Crippen molar-refractivity contribution in [2.75, 3.05) is 11.9 Å². The Labute approximate surface area is 132 Å². The van der Waals surface area contributed by atoms with Gasteiger partial charge < -0.3 is 15.5 Å². The second-order valence-electron chi connectivity index (χ2n) is 5.29. The van der Waals surface area contributed by atoms with Gasteiger partial charge in [0.1, 0.15) is 11.6 Å². The standard InChI is InChI=1S/C16H17N3O2S/c1-9-7-14(17-8-10(2)20)18-19-15(9)12-3-4-13-11(16(12)21)5-6-22-13/h3-7,10,20-21H,8H2,1-2H3,(H,17,18)/t10-/m1/s1. The molecule has 0 radical (unpaired) electrons. The lowest BCUT2D eigenvalue weighted by molar-refractivity contribution is 0.208. The molecule has 3 N–H and O–H groups in total. The van der Waals surface area contributed by atoms with Crippen molar-refractivity contribution in [3.63, 3.8) is 0 Å². The second kappa shape index (κ2) is 5.90. The first-order valence-electron chi connectivity index (χ1n) is 7.02. The first kappa shape index (κ1) is 14.7. The highest BCUT2D eigenvalue weighted by Crippen LogP contribution is 2.38. The second-order valence-corrected chi connectivity index (χ2v) is 6.23. The van der Waals surface area contributed by atoms with E-state index in [1.807, 2.05) is 36.6 Å². The number of aliphatic hydroxyl groups excluding tert-OH is 1. The zero-order chi connectivity index (χ0) is 15.7. The molecule has 1 aromatic carbocycles. The number of anilines is 1. The molecule has 1 atom stereocenters. The van der Waals surface area contributed by atoms with Gasteiger partial charge in [-0.05, 0) is 49.1 Å². The maximum atomic E-state index is 10.5. The summed E-state index contributed by atoms with van der Waals surface area (Å²) in [5, 5.41) is 33.9. The summed E-state index contributed by atoms with van der Waals surface area (Å²) in [6.07, 6.45) is -0.452. The highest BCUT2D eigenvalue weighted by Gasteiger charge is 2.13. The van der Waals surface area contributed by atoms with Crippen LogP contribution in [0.5, 0.6) is 5.75 Å². The van der Waals surface area contributed by atoms with E-state index in [1.54, 1.807) is 18.3 Å². The highest BCUT2D eigenvalue weighted by molar-refractivity contribution is 7.17. The number of aryl methyl sites for hydroxylation is 1. The van der Waals surface area contributed by atoms with Crippen LogP contribution in [0.2, 0.25) is 0 Å². The maximum absolute atomic E-state index is 10.5. The van der Waals surface area contributed by atoms with Crippen LogP contribution in [0.3, 0.4) is 0 Å². The number of phenols is 1. The van der Waals surface area contributed by atoms with E-state index in [1.165, 1.54) is 0 Å². The van der Waals surface area contributed by atoms with Crippen molar-refractivity contribution in [1.29, 1.82) is 0 Å². The van der Waals surface area contributed by atoms with Crippen LogP contribution < -0.4 is 5.32 Å². The first-order chi connectivity index (χ1) is 10.6.